The standard InChI is InChI=1S/C23H30N2O/c1-23(2,3)21-9-7-19(8-10-21)22(26)25-13-11-18(12-14-25)20-6-4-5-17(15-20)16-24/h4-10,15,18H,11-14,16,24H2,1-3H3. The Morgan fingerprint density at radius 3 is 2.31 bits per heavy atom. The van der Waals surface area contributed by atoms with Crippen LogP contribution in [0.5, 0.6) is 0 Å². The first kappa shape index (κ1) is 18.7. The molecule has 2 aromatic carbocycles. The van der Waals surface area contributed by atoms with Crippen molar-refractivity contribution in [2.24, 2.45) is 5.73 Å². The molecule has 0 radical (unpaired) electrons. The maximum Gasteiger partial charge on any atom is 0.253 e. The van der Waals surface area contributed by atoms with Gasteiger partial charge in [-0.25, -0.2) is 0 Å². The minimum Gasteiger partial charge on any atom is -0.339 e. The topological polar surface area (TPSA) is 46.3 Å². The highest BCUT2D eigenvalue weighted by molar-refractivity contribution is 5.94. The van der Waals surface area contributed by atoms with Crippen molar-refractivity contribution in [3.8, 4) is 0 Å². The fourth-order valence-corrected chi connectivity index (χ4v) is 3.69. The molecule has 1 amide bonds. The summed E-state index contributed by atoms with van der Waals surface area (Å²) in [7, 11) is 0. The molecule has 2 aromatic rings. The Morgan fingerprint density at radius 2 is 1.73 bits per heavy atom. The van der Waals surface area contributed by atoms with Gasteiger partial charge in [0.15, 0.2) is 0 Å². The third-order valence-corrected chi connectivity index (χ3v) is 5.44. The number of nitrogens with two attached hydrogens (primary N) is 1. The molecule has 1 fully saturated rings. The van der Waals surface area contributed by atoms with Gasteiger partial charge in [-0.3, -0.25) is 4.79 Å². The number of rotatable bonds is 3. The normalized spacial score (nSPS) is 15.9. The third-order valence-electron chi connectivity index (χ3n) is 5.44. The highest BCUT2D eigenvalue weighted by Gasteiger charge is 2.25. The van der Waals surface area contributed by atoms with Crippen molar-refractivity contribution in [1.82, 2.24) is 4.90 Å². The molecule has 0 aliphatic carbocycles. The summed E-state index contributed by atoms with van der Waals surface area (Å²) in [6, 6.07) is 16.7. The van der Waals surface area contributed by atoms with Crippen molar-refractivity contribution in [1.29, 1.82) is 0 Å². The van der Waals surface area contributed by atoms with Crippen LogP contribution in [0.1, 0.15) is 66.6 Å². The van der Waals surface area contributed by atoms with Crippen LogP contribution in [0.25, 0.3) is 0 Å². The average molecular weight is 351 g/mol. The van der Waals surface area contributed by atoms with E-state index in [1.807, 2.05) is 17.0 Å². The van der Waals surface area contributed by atoms with E-state index in [4.69, 9.17) is 5.73 Å². The van der Waals surface area contributed by atoms with Gasteiger partial charge >= 0.3 is 0 Å². The first-order valence-electron chi connectivity index (χ1n) is 9.57. The molecule has 0 aromatic heterocycles. The summed E-state index contributed by atoms with van der Waals surface area (Å²) < 4.78 is 0. The van der Waals surface area contributed by atoms with Gasteiger partial charge in [0.1, 0.15) is 0 Å². The zero-order valence-electron chi connectivity index (χ0n) is 16.2. The minimum atomic E-state index is 0.109. The zero-order valence-corrected chi connectivity index (χ0v) is 16.2. The molecular formula is C23H30N2O. The van der Waals surface area contributed by atoms with Crippen molar-refractivity contribution >= 4 is 5.91 Å². The number of carbonyl (C=O) groups excluding carboxylic acids is 1. The summed E-state index contributed by atoms with van der Waals surface area (Å²) in [6.45, 7) is 8.78. The van der Waals surface area contributed by atoms with Gasteiger partial charge in [0.05, 0.1) is 0 Å². The lowest BCUT2D eigenvalue weighted by molar-refractivity contribution is 0.0713. The van der Waals surface area contributed by atoms with E-state index < -0.39 is 0 Å². The fraction of sp³-hybridized carbons (Fsp3) is 0.435. The van der Waals surface area contributed by atoms with E-state index in [9.17, 15) is 4.79 Å². The minimum absolute atomic E-state index is 0.109. The molecule has 1 aliphatic heterocycles. The summed E-state index contributed by atoms with van der Waals surface area (Å²) in [5.41, 5.74) is 10.5. The van der Waals surface area contributed by atoms with E-state index in [0.717, 1.165) is 31.5 Å². The van der Waals surface area contributed by atoms with Crippen LogP contribution in [0.4, 0.5) is 0 Å². The molecule has 138 valence electrons. The van der Waals surface area contributed by atoms with Gasteiger partial charge in [-0.05, 0) is 53.0 Å². The molecule has 0 spiro atoms. The van der Waals surface area contributed by atoms with E-state index in [1.54, 1.807) is 0 Å². The third kappa shape index (κ3) is 4.16. The molecule has 3 rings (SSSR count). The molecule has 3 nitrogen and oxygen atoms in total. The van der Waals surface area contributed by atoms with E-state index in [2.05, 4.69) is 57.2 Å². The molecule has 1 saturated heterocycles. The smallest absolute Gasteiger partial charge is 0.253 e. The van der Waals surface area contributed by atoms with Crippen molar-refractivity contribution in [2.45, 2.75) is 51.5 Å². The monoisotopic (exact) mass is 350 g/mol. The second-order valence-electron chi connectivity index (χ2n) is 8.34. The summed E-state index contributed by atoms with van der Waals surface area (Å²) in [5, 5.41) is 0. The maximum absolute atomic E-state index is 12.8. The van der Waals surface area contributed by atoms with Gasteiger partial charge in [0.2, 0.25) is 0 Å². The number of benzene rings is 2. The van der Waals surface area contributed by atoms with Crippen LogP contribution in [-0.4, -0.2) is 23.9 Å². The van der Waals surface area contributed by atoms with Crippen LogP contribution in [0, 0.1) is 0 Å². The Kier molecular flexibility index (Phi) is 5.47. The molecule has 0 saturated carbocycles. The van der Waals surface area contributed by atoms with Crippen LogP contribution in [0.15, 0.2) is 48.5 Å². The lowest BCUT2D eigenvalue weighted by Gasteiger charge is -2.32. The Morgan fingerprint density at radius 1 is 1.08 bits per heavy atom. The fourth-order valence-electron chi connectivity index (χ4n) is 3.69. The van der Waals surface area contributed by atoms with Crippen LogP contribution >= 0.6 is 0 Å². The van der Waals surface area contributed by atoms with Crippen molar-refractivity contribution in [2.75, 3.05) is 13.1 Å². The molecule has 3 heteroatoms. The molecule has 26 heavy (non-hydrogen) atoms. The molecule has 1 heterocycles. The van der Waals surface area contributed by atoms with Crippen molar-refractivity contribution in [3.63, 3.8) is 0 Å². The van der Waals surface area contributed by atoms with Gasteiger partial charge in [-0.1, -0.05) is 57.2 Å². The summed E-state index contributed by atoms with van der Waals surface area (Å²) in [6.07, 6.45) is 2.03. The number of nitrogens with zero attached hydrogens (tertiary/aromatic N) is 1. The number of hydrogen-bond donors (Lipinski definition) is 1. The highest BCUT2D eigenvalue weighted by Crippen LogP contribution is 2.29. The predicted octanol–water partition coefficient (Wildman–Crippen LogP) is 4.46. The highest BCUT2D eigenvalue weighted by atomic mass is 16.2. The van der Waals surface area contributed by atoms with Gasteiger partial charge in [-0.15, -0.1) is 0 Å². The first-order valence-corrected chi connectivity index (χ1v) is 9.57. The van der Waals surface area contributed by atoms with E-state index in [1.165, 1.54) is 16.7 Å². The van der Waals surface area contributed by atoms with Crippen LogP contribution in [-0.2, 0) is 12.0 Å². The van der Waals surface area contributed by atoms with Crippen molar-refractivity contribution in [3.05, 3.63) is 70.8 Å². The van der Waals surface area contributed by atoms with Gasteiger partial charge < -0.3 is 10.6 Å². The lowest BCUT2D eigenvalue weighted by Crippen LogP contribution is -2.38. The SMILES string of the molecule is CC(C)(C)c1ccc(C(=O)N2CCC(c3cccc(CN)c3)CC2)cc1. The Bertz CT molecular complexity index is 751. The number of amides is 1. The number of likely N-dealkylation sites (tertiary alicyclic amines) is 1. The number of hydrogen-bond acceptors (Lipinski definition) is 2. The Balaban J connectivity index is 1.63. The van der Waals surface area contributed by atoms with Crippen LogP contribution in [0.3, 0.4) is 0 Å². The maximum atomic E-state index is 12.8. The largest absolute Gasteiger partial charge is 0.339 e. The molecule has 0 unspecified atom stereocenters. The van der Waals surface area contributed by atoms with Crippen LogP contribution < -0.4 is 5.73 Å². The van der Waals surface area contributed by atoms with E-state index in [-0.39, 0.29) is 11.3 Å². The zero-order chi connectivity index (χ0) is 18.7. The molecular weight excluding hydrogens is 320 g/mol. The molecule has 0 bridgehead atoms. The molecule has 2 N–H and O–H groups in total. The summed E-state index contributed by atoms with van der Waals surface area (Å²) in [4.78, 5) is 14.8. The van der Waals surface area contributed by atoms with E-state index >= 15 is 0 Å². The first-order chi connectivity index (χ1) is 12.4. The predicted molar refractivity (Wildman–Crippen MR) is 107 cm³/mol. The van der Waals surface area contributed by atoms with E-state index in [0.29, 0.717) is 12.5 Å². The van der Waals surface area contributed by atoms with Crippen molar-refractivity contribution < 1.29 is 4.79 Å². The Labute approximate surface area is 157 Å². The van der Waals surface area contributed by atoms with Gasteiger partial charge in [0.25, 0.3) is 5.91 Å². The number of carbonyl (C=O) groups is 1. The number of piperidine rings is 1. The average Bonchev–Trinajstić information content (AvgIpc) is 2.67. The van der Waals surface area contributed by atoms with Gasteiger partial charge in [-0.2, -0.15) is 0 Å². The second kappa shape index (κ2) is 7.63. The Hall–Kier alpha value is -2.13. The molecule has 0 atom stereocenters. The lowest BCUT2D eigenvalue weighted by atomic mass is 9.86. The summed E-state index contributed by atoms with van der Waals surface area (Å²) >= 11 is 0. The summed E-state index contributed by atoms with van der Waals surface area (Å²) in [5.74, 6) is 0.674. The molecule has 1 aliphatic rings. The van der Waals surface area contributed by atoms with Gasteiger partial charge in [0, 0.05) is 25.2 Å². The second-order valence-corrected chi connectivity index (χ2v) is 8.34. The van der Waals surface area contributed by atoms with Crippen LogP contribution in [0.2, 0.25) is 0 Å². The quantitative estimate of drug-likeness (QED) is 0.888.